The third kappa shape index (κ3) is 13.8. The Morgan fingerprint density at radius 2 is 1.12 bits per heavy atom. The van der Waals surface area contributed by atoms with Crippen LogP contribution in [-0.4, -0.2) is 14.4 Å². The number of hydrogen-bond acceptors (Lipinski definition) is 7. The van der Waals surface area contributed by atoms with Gasteiger partial charge in [0.1, 0.15) is 0 Å². The molecule has 3 nitrogen and oxygen atoms in total. The first-order valence-corrected chi connectivity index (χ1v) is 9.92. The molecular formula is C8H19O3PS4. The molecule has 0 aromatic rings. The summed E-state index contributed by atoms with van der Waals surface area (Å²) in [6.07, 6.45) is 0. The third-order valence-corrected chi connectivity index (χ3v) is 7.90. The average Bonchev–Trinajstić information content (AvgIpc) is 1.98. The van der Waals surface area contributed by atoms with E-state index in [4.69, 9.17) is 7.94 Å². The molecule has 0 atom stereocenters. The molecule has 8 heteroatoms. The van der Waals surface area contributed by atoms with E-state index in [0.717, 1.165) is 0 Å². The predicted molar refractivity (Wildman–Crippen MR) is 81.2 cm³/mol. The van der Waals surface area contributed by atoms with Crippen LogP contribution in [0.5, 0.6) is 0 Å². The Morgan fingerprint density at radius 1 is 0.812 bits per heavy atom. The highest BCUT2D eigenvalue weighted by molar-refractivity contribution is 8.76. The van der Waals surface area contributed by atoms with E-state index < -0.39 is 8.60 Å². The van der Waals surface area contributed by atoms with Gasteiger partial charge >= 0.3 is 8.60 Å². The van der Waals surface area contributed by atoms with E-state index in [1.807, 2.05) is 0 Å². The minimum Gasteiger partial charge on any atom is -0.327 e. The maximum absolute atomic E-state index is 9.39. The van der Waals surface area contributed by atoms with Gasteiger partial charge in [0.2, 0.25) is 0 Å². The van der Waals surface area contributed by atoms with E-state index in [1.165, 1.54) is 22.1 Å². The molecule has 0 saturated carbocycles. The van der Waals surface area contributed by atoms with Gasteiger partial charge in [0, 0.05) is 9.49 Å². The van der Waals surface area contributed by atoms with E-state index in [9.17, 15) is 4.89 Å². The van der Waals surface area contributed by atoms with Crippen molar-refractivity contribution in [2.75, 3.05) is 0 Å². The highest BCUT2D eigenvalue weighted by atomic mass is 33.1. The lowest BCUT2D eigenvalue weighted by molar-refractivity contribution is 0.435. The third-order valence-electron chi connectivity index (χ3n) is 0.756. The molecule has 0 fully saturated rings. The maximum atomic E-state index is 9.39. The summed E-state index contributed by atoms with van der Waals surface area (Å²) in [5.74, 6) is 0. The summed E-state index contributed by atoms with van der Waals surface area (Å²) in [7, 11) is 1.31. The van der Waals surface area contributed by atoms with Crippen LogP contribution in [0.1, 0.15) is 41.5 Å². The van der Waals surface area contributed by atoms with Gasteiger partial charge in [-0.3, -0.25) is 0 Å². The van der Waals surface area contributed by atoms with Crippen molar-refractivity contribution in [3.8, 4) is 0 Å². The zero-order valence-corrected chi connectivity index (χ0v) is 14.5. The predicted octanol–water partition coefficient (Wildman–Crippen LogP) is 5.43. The van der Waals surface area contributed by atoms with Crippen molar-refractivity contribution in [2.45, 2.75) is 51.0 Å². The van der Waals surface area contributed by atoms with Crippen molar-refractivity contribution >= 4 is 52.3 Å². The van der Waals surface area contributed by atoms with Crippen molar-refractivity contribution in [3.05, 3.63) is 0 Å². The quantitative estimate of drug-likeness (QED) is 0.397. The highest BCUT2D eigenvalue weighted by Gasteiger charge is 2.17. The van der Waals surface area contributed by atoms with E-state index in [1.54, 1.807) is 21.6 Å². The summed E-state index contributed by atoms with van der Waals surface area (Å²) >= 11 is 2.35. The van der Waals surface area contributed by atoms with Crippen LogP contribution in [0.25, 0.3) is 0 Å². The van der Waals surface area contributed by atoms with Crippen molar-refractivity contribution in [1.82, 2.24) is 0 Å². The summed E-state index contributed by atoms with van der Waals surface area (Å²) in [6, 6.07) is 0. The lowest BCUT2D eigenvalue weighted by Gasteiger charge is -2.17. The first kappa shape index (κ1) is 17.7. The lowest BCUT2D eigenvalue weighted by atomic mass is 10.3. The molecule has 0 aliphatic carbocycles. The molecule has 0 aromatic carbocycles. The Kier molecular flexibility index (Phi) is 8.85. The molecule has 0 aliphatic rings. The van der Waals surface area contributed by atoms with Crippen LogP contribution in [0, 0.1) is 0 Å². The molecule has 0 bridgehead atoms. The molecule has 0 rings (SSSR count). The Morgan fingerprint density at radius 3 is 1.38 bits per heavy atom. The van der Waals surface area contributed by atoms with Crippen molar-refractivity contribution in [3.63, 3.8) is 0 Å². The maximum Gasteiger partial charge on any atom is 0.355 e. The van der Waals surface area contributed by atoms with Gasteiger partial charge in [0.25, 0.3) is 0 Å². The Labute approximate surface area is 116 Å². The second-order valence-electron chi connectivity index (χ2n) is 4.91. The second-order valence-corrected chi connectivity index (χ2v) is 11.5. The van der Waals surface area contributed by atoms with E-state index in [2.05, 4.69) is 41.5 Å². The van der Waals surface area contributed by atoms with Crippen LogP contribution < -0.4 is 0 Å². The minimum atomic E-state index is -1.80. The Hall–Kier alpha value is 1.71. The fourth-order valence-corrected chi connectivity index (χ4v) is 4.40. The van der Waals surface area contributed by atoms with Crippen LogP contribution in [0.4, 0.5) is 0 Å². The first-order chi connectivity index (χ1) is 7.10. The fraction of sp³-hybridized carbons (Fsp3) is 1.00. The van der Waals surface area contributed by atoms with Gasteiger partial charge in [-0.05, 0) is 0 Å². The normalized spacial score (nSPS) is 13.5. The molecule has 0 amide bonds. The van der Waals surface area contributed by atoms with Crippen molar-refractivity contribution in [2.24, 2.45) is 0 Å². The molecule has 0 aromatic heterocycles. The van der Waals surface area contributed by atoms with E-state index >= 15 is 0 Å². The highest BCUT2D eigenvalue weighted by Crippen LogP contribution is 2.51. The van der Waals surface area contributed by atoms with Crippen LogP contribution >= 0.6 is 52.3 Å². The first-order valence-electron chi connectivity index (χ1n) is 4.64. The Bertz CT molecular complexity index is 173. The number of rotatable bonds is 6. The average molecular weight is 322 g/mol. The van der Waals surface area contributed by atoms with E-state index in [0.29, 0.717) is 0 Å². The summed E-state index contributed by atoms with van der Waals surface area (Å²) in [5.41, 5.74) is 0. The summed E-state index contributed by atoms with van der Waals surface area (Å²) in [6.45, 7) is 12.5. The van der Waals surface area contributed by atoms with Gasteiger partial charge in [-0.15, -0.1) is 0 Å². The molecule has 98 valence electrons. The van der Waals surface area contributed by atoms with Crippen LogP contribution in [0.3, 0.4) is 0 Å². The van der Waals surface area contributed by atoms with Crippen LogP contribution in [0.15, 0.2) is 0 Å². The summed E-state index contributed by atoms with van der Waals surface area (Å²) in [4.78, 5) is 9.39. The SMILES string of the molecule is CC(C)(C)SSOP(O)OSSC(C)(C)C. The molecule has 0 heterocycles. The van der Waals surface area contributed by atoms with Crippen molar-refractivity contribution < 1.29 is 12.8 Å². The Balaban J connectivity index is 3.49. The smallest absolute Gasteiger partial charge is 0.327 e. The zero-order chi connectivity index (χ0) is 12.8. The van der Waals surface area contributed by atoms with Crippen molar-refractivity contribution in [1.29, 1.82) is 0 Å². The molecule has 0 radical (unpaired) electrons. The van der Waals surface area contributed by atoms with Gasteiger partial charge < -0.3 is 4.89 Å². The molecule has 1 N–H and O–H groups in total. The van der Waals surface area contributed by atoms with Crippen LogP contribution in [0.2, 0.25) is 0 Å². The van der Waals surface area contributed by atoms with Gasteiger partial charge in [-0.1, -0.05) is 63.1 Å². The monoisotopic (exact) mass is 322 g/mol. The molecule has 0 unspecified atom stereocenters. The second kappa shape index (κ2) is 8.00. The molecule has 0 saturated heterocycles. The standard InChI is InChI=1S/C8H19O3PS4/c1-7(2,3)13-15-10-12(9)11-16-14-8(4,5)6/h9H,1-6H3. The number of hydrogen-bond donors (Lipinski definition) is 1. The summed E-state index contributed by atoms with van der Waals surface area (Å²) < 4.78 is 10.4. The largest absolute Gasteiger partial charge is 0.355 e. The summed E-state index contributed by atoms with van der Waals surface area (Å²) in [5, 5.41) is 0. The van der Waals surface area contributed by atoms with Gasteiger partial charge in [0.15, 0.2) is 0 Å². The molecular weight excluding hydrogens is 303 g/mol. The van der Waals surface area contributed by atoms with E-state index in [-0.39, 0.29) is 9.49 Å². The van der Waals surface area contributed by atoms with Gasteiger partial charge in [-0.2, -0.15) is 0 Å². The van der Waals surface area contributed by atoms with Gasteiger partial charge in [-0.25, -0.2) is 7.94 Å². The van der Waals surface area contributed by atoms with Gasteiger partial charge in [0.05, 0.1) is 22.1 Å². The lowest BCUT2D eigenvalue weighted by Crippen LogP contribution is -2.04. The molecule has 0 aliphatic heterocycles. The fourth-order valence-electron chi connectivity index (χ4n) is 0.299. The minimum absolute atomic E-state index is 0.105. The topological polar surface area (TPSA) is 38.7 Å². The zero-order valence-electron chi connectivity index (χ0n) is 10.3. The van der Waals surface area contributed by atoms with Crippen LogP contribution in [-0.2, 0) is 7.94 Å². The molecule has 0 spiro atoms. The molecule has 16 heavy (non-hydrogen) atoms.